The second-order valence-electron chi connectivity index (χ2n) is 13.3. The molecule has 0 unspecified atom stereocenters. The molecule has 0 radical (unpaired) electrons. The van der Waals surface area contributed by atoms with Gasteiger partial charge in [0, 0.05) is 5.69 Å². The van der Waals surface area contributed by atoms with Gasteiger partial charge in [0.2, 0.25) is 6.08 Å². The van der Waals surface area contributed by atoms with Crippen molar-refractivity contribution in [3.05, 3.63) is 63.8 Å². The van der Waals surface area contributed by atoms with Crippen LogP contribution in [0.15, 0.2) is 53.5 Å². The van der Waals surface area contributed by atoms with Crippen LogP contribution in [-0.4, -0.2) is 77.3 Å². The number of benzene rings is 2. The van der Waals surface area contributed by atoms with Gasteiger partial charge < -0.3 is 13.3 Å². The zero-order valence-corrected chi connectivity index (χ0v) is 33.8. The maximum Gasteiger partial charge on any atom is 0.480 e. The fourth-order valence-corrected chi connectivity index (χ4v) is 7.38. The molecule has 0 saturated carbocycles. The van der Waals surface area contributed by atoms with E-state index in [0.29, 0.717) is 12.3 Å². The van der Waals surface area contributed by atoms with Crippen LogP contribution in [0.2, 0.25) is 0 Å². The Morgan fingerprint density at radius 3 is 1.46 bits per heavy atom. The van der Waals surface area contributed by atoms with Gasteiger partial charge in [0.05, 0.1) is 25.3 Å². The SMILES string of the molecule is CCCCCC[N+](CCCCCC)(CCCCCC)CCOC(=O)Nc1ccc(Cc2ccc(N=C=O)cc2)cc1.O=S(=O)([N-]S(=O)(=O)C(F)(F)F)C(F)(F)F. The second-order valence-corrected chi connectivity index (χ2v) is 16.8. The number of nitrogens with one attached hydrogen (secondary N) is 1. The third-order valence-corrected chi connectivity index (χ3v) is 11.5. The normalized spacial score (nSPS) is 12.3. The lowest BCUT2D eigenvalue weighted by atomic mass is 10.0. The zero-order chi connectivity index (χ0) is 42.3. The first-order chi connectivity index (χ1) is 26.2. The molecule has 0 spiro atoms. The Morgan fingerprint density at radius 2 is 1.09 bits per heavy atom. The summed E-state index contributed by atoms with van der Waals surface area (Å²) in [7, 11) is -13.4. The van der Waals surface area contributed by atoms with E-state index in [9.17, 15) is 52.8 Å². The first kappa shape index (κ1) is 50.5. The lowest BCUT2D eigenvalue weighted by Crippen LogP contribution is -2.52. The van der Waals surface area contributed by atoms with Crippen LogP contribution < -0.4 is 5.32 Å². The van der Waals surface area contributed by atoms with Crippen LogP contribution in [0.5, 0.6) is 0 Å². The van der Waals surface area contributed by atoms with E-state index >= 15 is 0 Å². The van der Waals surface area contributed by atoms with Crippen LogP contribution >= 0.6 is 0 Å². The van der Waals surface area contributed by atoms with Crippen LogP contribution in [0.25, 0.3) is 4.13 Å². The van der Waals surface area contributed by atoms with Crippen LogP contribution in [0, 0.1) is 0 Å². The first-order valence-corrected chi connectivity index (χ1v) is 21.5. The largest absolute Gasteiger partial charge is 0.480 e. The zero-order valence-electron chi connectivity index (χ0n) is 32.1. The van der Waals surface area contributed by atoms with E-state index in [1.54, 1.807) is 18.2 Å². The van der Waals surface area contributed by atoms with Gasteiger partial charge in [-0.25, -0.2) is 26.4 Å². The molecule has 318 valence electrons. The molecule has 1 N–H and O–H groups in total. The Morgan fingerprint density at radius 1 is 0.679 bits per heavy atom. The minimum Gasteiger partial charge on any atom is -0.443 e. The molecule has 2 aromatic carbocycles. The number of carbonyl (C=O) groups is 1. The summed E-state index contributed by atoms with van der Waals surface area (Å²) in [4.78, 5) is 26.7. The molecule has 2 aromatic rings. The van der Waals surface area contributed by atoms with Crippen LogP contribution in [0.4, 0.5) is 42.5 Å². The molecule has 0 atom stereocenters. The van der Waals surface area contributed by atoms with Crippen molar-refractivity contribution in [1.82, 2.24) is 0 Å². The number of sulfonamides is 2. The van der Waals surface area contributed by atoms with E-state index in [0.717, 1.165) is 38.4 Å². The van der Waals surface area contributed by atoms with Gasteiger partial charge in [-0.2, -0.15) is 31.3 Å². The summed E-state index contributed by atoms with van der Waals surface area (Å²) in [5.41, 5.74) is -8.82. The molecular formula is C37H54F6N4O7S2. The summed E-state index contributed by atoms with van der Waals surface area (Å²) in [6, 6.07) is 15.4. The average molecular weight is 845 g/mol. The van der Waals surface area contributed by atoms with Crippen molar-refractivity contribution < 1.29 is 62.0 Å². The van der Waals surface area contributed by atoms with Crippen molar-refractivity contribution in [2.45, 2.75) is 115 Å². The Bertz CT molecular complexity index is 1630. The summed E-state index contributed by atoms with van der Waals surface area (Å²) in [5.74, 6) is 0. The Balaban J connectivity index is 0.000000880. The highest BCUT2D eigenvalue weighted by atomic mass is 32.3. The topological polar surface area (TPSA) is 150 Å². The molecule has 0 aliphatic heterocycles. The number of nitrogens with zero attached hydrogens (tertiary/aromatic N) is 3. The highest BCUT2D eigenvalue weighted by Crippen LogP contribution is 2.36. The third kappa shape index (κ3) is 19.6. The van der Waals surface area contributed by atoms with E-state index in [-0.39, 0.29) is 6.09 Å². The molecule has 0 saturated heterocycles. The van der Waals surface area contributed by atoms with Crippen LogP contribution in [-0.2, 0) is 36.0 Å². The van der Waals surface area contributed by atoms with E-state index in [1.165, 1.54) is 96.7 Å². The number of ether oxygens (including phenoxy) is 1. The predicted molar refractivity (Wildman–Crippen MR) is 204 cm³/mol. The standard InChI is InChI=1S/C35H53N3O3.C2F6NO4S2/c1-4-7-10-13-24-38(25-14-11-8-5-2,26-15-12-9-6-3)27-28-41-35(40)37-34-22-18-32(19-23-34)29-31-16-20-33(21-17-31)36-30-39;3-1(4,5)14(10,11)9-15(12,13)2(6,7)8/h16-23H,4-15,24-29H2,1-3H3;/q;-1/p+1. The minimum atomic E-state index is -6.72. The third-order valence-electron chi connectivity index (χ3n) is 8.76. The Kier molecular flexibility index (Phi) is 22.5. The molecule has 1 amide bonds. The quantitative estimate of drug-likeness (QED) is 0.0363. The lowest BCUT2D eigenvalue weighted by Gasteiger charge is -2.39. The number of carbonyl (C=O) groups excluding carboxylic acids is 2. The molecule has 0 fully saturated rings. The molecule has 0 bridgehead atoms. The average Bonchev–Trinajstić information content (AvgIpc) is 3.11. The Hall–Kier alpha value is -3.51. The van der Waals surface area contributed by atoms with Gasteiger partial charge >= 0.3 is 17.1 Å². The monoisotopic (exact) mass is 844 g/mol. The van der Waals surface area contributed by atoms with Crippen molar-refractivity contribution >= 4 is 43.6 Å². The maximum atomic E-state index is 12.7. The Labute approximate surface area is 327 Å². The van der Waals surface area contributed by atoms with E-state index in [1.807, 2.05) is 36.4 Å². The van der Waals surface area contributed by atoms with E-state index in [4.69, 9.17) is 4.74 Å². The number of isocyanates is 1. The molecule has 11 nitrogen and oxygen atoms in total. The number of aliphatic imine (C=N–C) groups is 1. The molecule has 56 heavy (non-hydrogen) atoms. The lowest BCUT2D eigenvalue weighted by molar-refractivity contribution is -0.929. The molecule has 0 aromatic heterocycles. The van der Waals surface area contributed by atoms with Gasteiger partial charge in [-0.15, -0.1) is 0 Å². The number of alkyl halides is 6. The van der Waals surface area contributed by atoms with E-state index < -0.39 is 31.1 Å². The molecule has 19 heteroatoms. The van der Waals surface area contributed by atoms with E-state index in [2.05, 4.69) is 31.1 Å². The molecular weight excluding hydrogens is 791 g/mol. The van der Waals surface area contributed by atoms with Gasteiger partial charge in [-0.1, -0.05) is 83.6 Å². The fourth-order valence-electron chi connectivity index (χ4n) is 5.68. The maximum absolute atomic E-state index is 12.7. The highest BCUT2D eigenvalue weighted by molar-refractivity contribution is 8.13. The summed E-state index contributed by atoms with van der Waals surface area (Å²) < 4.78 is 116. The number of unbranched alkanes of at least 4 members (excludes halogenated alkanes) is 9. The summed E-state index contributed by atoms with van der Waals surface area (Å²) >= 11 is 0. The molecule has 0 aliphatic rings. The number of hydrogen-bond acceptors (Lipinski definition) is 8. The summed E-state index contributed by atoms with van der Waals surface area (Å²) in [6.45, 7) is 11.7. The number of anilines is 1. The number of rotatable bonds is 24. The summed E-state index contributed by atoms with van der Waals surface area (Å²) in [5, 5.41) is 2.90. The first-order valence-electron chi connectivity index (χ1n) is 18.7. The van der Waals surface area contributed by atoms with Crippen LogP contribution in [0.3, 0.4) is 0 Å². The van der Waals surface area contributed by atoms with Crippen molar-refractivity contribution in [2.24, 2.45) is 4.99 Å². The number of amides is 1. The van der Waals surface area contributed by atoms with Crippen molar-refractivity contribution in [3.63, 3.8) is 0 Å². The number of hydrogen-bond donors (Lipinski definition) is 1. The van der Waals surface area contributed by atoms with Gasteiger partial charge in [0.25, 0.3) is 0 Å². The second kappa shape index (κ2) is 25.0. The highest BCUT2D eigenvalue weighted by Gasteiger charge is 2.47. The van der Waals surface area contributed by atoms with Gasteiger partial charge in [-0.3, -0.25) is 5.32 Å². The smallest absolute Gasteiger partial charge is 0.443 e. The number of halogens is 6. The molecule has 0 heterocycles. The van der Waals surface area contributed by atoms with Crippen molar-refractivity contribution in [3.8, 4) is 0 Å². The molecule has 2 rings (SSSR count). The fraction of sp³-hybridized carbons (Fsp3) is 0.622. The van der Waals surface area contributed by atoms with Crippen LogP contribution in [0.1, 0.15) is 109 Å². The van der Waals surface area contributed by atoms with Gasteiger partial charge in [0.1, 0.15) is 13.2 Å². The minimum absolute atomic E-state index is 0.384. The van der Waals surface area contributed by atoms with Crippen molar-refractivity contribution in [1.29, 1.82) is 0 Å². The summed E-state index contributed by atoms with van der Waals surface area (Å²) in [6.07, 6.45) is 17.2. The van der Waals surface area contributed by atoms with Gasteiger partial charge in [0.15, 0.2) is 20.0 Å². The predicted octanol–water partition coefficient (Wildman–Crippen LogP) is 10.4. The molecule has 0 aliphatic carbocycles. The number of quaternary nitrogens is 1. The van der Waals surface area contributed by atoms with Gasteiger partial charge in [-0.05, 0) is 80.3 Å². The van der Waals surface area contributed by atoms with Crippen molar-refractivity contribution in [2.75, 3.05) is 38.1 Å².